The highest BCUT2D eigenvalue weighted by Crippen LogP contribution is 2.24. The molecule has 1 unspecified atom stereocenters. The fourth-order valence-corrected chi connectivity index (χ4v) is 3.86. The van der Waals surface area contributed by atoms with Crippen molar-refractivity contribution in [2.45, 2.75) is 65.0 Å². The zero-order valence-corrected chi connectivity index (χ0v) is 13.6. The highest BCUT2D eigenvalue weighted by molar-refractivity contribution is 5.30. The standard InChI is InChI=1S/C17H30N4/c1-3-20-10-9-15(12-20)13-21-11-14(2)18-17(21)19-16-7-5-4-6-8-16/h11,15-16H,3-10,12-13H2,1-2H3,(H,18,19). The molecule has 1 aromatic heterocycles. The molecule has 1 N–H and O–H groups in total. The van der Waals surface area contributed by atoms with Crippen LogP contribution in [0.3, 0.4) is 0 Å². The fourth-order valence-electron chi connectivity index (χ4n) is 3.86. The molecule has 1 aliphatic carbocycles. The van der Waals surface area contributed by atoms with Gasteiger partial charge in [0.25, 0.3) is 0 Å². The largest absolute Gasteiger partial charge is 0.353 e. The molecule has 1 aliphatic heterocycles. The average Bonchev–Trinajstić information content (AvgIpc) is 3.07. The number of hydrogen-bond donors (Lipinski definition) is 1. The van der Waals surface area contributed by atoms with Gasteiger partial charge >= 0.3 is 0 Å². The van der Waals surface area contributed by atoms with Gasteiger partial charge in [-0.05, 0) is 45.2 Å². The minimum atomic E-state index is 0.634. The first-order valence-corrected chi connectivity index (χ1v) is 8.77. The molecule has 4 nitrogen and oxygen atoms in total. The van der Waals surface area contributed by atoms with Crippen molar-refractivity contribution in [2.75, 3.05) is 25.0 Å². The van der Waals surface area contributed by atoms with Crippen molar-refractivity contribution in [1.29, 1.82) is 0 Å². The lowest BCUT2D eigenvalue weighted by Crippen LogP contribution is -2.25. The van der Waals surface area contributed by atoms with Crippen LogP contribution in [-0.2, 0) is 6.54 Å². The number of likely N-dealkylation sites (tertiary alicyclic amines) is 1. The van der Waals surface area contributed by atoms with Crippen LogP contribution in [0.15, 0.2) is 6.20 Å². The third-order valence-electron chi connectivity index (χ3n) is 5.11. The van der Waals surface area contributed by atoms with Gasteiger partial charge in [-0.2, -0.15) is 0 Å². The van der Waals surface area contributed by atoms with E-state index in [9.17, 15) is 0 Å². The summed E-state index contributed by atoms with van der Waals surface area (Å²) in [5.74, 6) is 1.89. The van der Waals surface area contributed by atoms with Crippen LogP contribution in [0.5, 0.6) is 0 Å². The maximum atomic E-state index is 4.72. The van der Waals surface area contributed by atoms with E-state index < -0.39 is 0 Å². The molecule has 1 atom stereocenters. The molecule has 2 aliphatic rings. The number of imidazole rings is 1. The Morgan fingerprint density at radius 1 is 1.24 bits per heavy atom. The van der Waals surface area contributed by atoms with E-state index in [2.05, 4.69) is 34.8 Å². The van der Waals surface area contributed by atoms with Crippen molar-refractivity contribution < 1.29 is 0 Å². The Balaban J connectivity index is 1.62. The molecule has 0 spiro atoms. The number of rotatable bonds is 5. The molecule has 0 aromatic carbocycles. The molecule has 1 aromatic rings. The maximum Gasteiger partial charge on any atom is 0.203 e. The normalized spacial score (nSPS) is 24.6. The van der Waals surface area contributed by atoms with Gasteiger partial charge in [0.15, 0.2) is 0 Å². The molecule has 118 valence electrons. The van der Waals surface area contributed by atoms with Crippen LogP contribution in [-0.4, -0.2) is 40.1 Å². The highest BCUT2D eigenvalue weighted by Gasteiger charge is 2.23. The van der Waals surface area contributed by atoms with E-state index >= 15 is 0 Å². The Labute approximate surface area is 128 Å². The monoisotopic (exact) mass is 290 g/mol. The van der Waals surface area contributed by atoms with Crippen molar-refractivity contribution in [1.82, 2.24) is 14.5 Å². The number of nitrogens with one attached hydrogen (secondary N) is 1. The van der Waals surface area contributed by atoms with Crippen molar-refractivity contribution in [2.24, 2.45) is 5.92 Å². The smallest absolute Gasteiger partial charge is 0.203 e. The minimum Gasteiger partial charge on any atom is -0.353 e. The van der Waals surface area contributed by atoms with E-state index in [0.29, 0.717) is 6.04 Å². The van der Waals surface area contributed by atoms with E-state index in [4.69, 9.17) is 4.98 Å². The third-order valence-corrected chi connectivity index (χ3v) is 5.11. The molecule has 4 heteroatoms. The van der Waals surface area contributed by atoms with Crippen LogP contribution in [0.4, 0.5) is 5.95 Å². The molecular formula is C17H30N4. The molecule has 2 fully saturated rings. The van der Waals surface area contributed by atoms with Gasteiger partial charge in [0.2, 0.25) is 5.95 Å². The van der Waals surface area contributed by atoms with Crippen molar-refractivity contribution in [3.05, 3.63) is 11.9 Å². The van der Waals surface area contributed by atoms with E-state index in [0.717, 1.165) is 24.1 Å². The summed E-state index contributed by atoms with van der Waals surface area (Å²) in [6.45, 7) is 9.19. The van der Waals surface area contributed by atoms with Crippen molar-refractivity contribution in [3.8, 4) is 0 Å². The zero-order valence-electron chi connectivity index (χ0n) is 13.6. The zero-order chi connectivity index (χ0) is 14.7. The molecule has 21 heavy (non-hydrogen) atoms. The lowest BCUT2D eigenvalue weighted by atomic mass is 9.96. The molecule has 0 bridgehead atoms. The molecule has 3 rings (SSSR count). The quantitative estimate of drug-likeness (QED) is 0.903. The predicted octanol–water partition coefficient (Wildman–Crippen LogP) is 3.28. The number of aromatic nitrogens is 2. The summed E-state index contributed by atoms with van der Waals surface area (Å²) in [7, 11) is 0. The summed E-state index contributed by atoms with van der Waals surface area (Å²) >= 11 is 0. The lowest BCUT2D eigenvalue weighted by Gasteiger charge is -2.24. The van der Waals surface area contributed by atoms with E-state index in [1.54, 1.807) is 0 Å². The summed E-state index contributed by atoms with van der Waals surface area (Å²) in [5.41, 5.74) is 1.14. The Bertz CT molecular complexity index is 448. The number of anilines is 1. The van der Waals surface area contributed by atoms with Gasteiger partial charge in [-0.25, -0.2) is 4.98 Å². The second-order valence-electron chi connectivity index (χ2n) is 6.89. The van der Waals surface area contributed by atoms with E-state index in [-0.39, 0.29) is 0 Å². The van der Waals surface area contributed by atoms with E-state index in [1.165, 1.54) is 58.2 Å². The maximum absolute atomic E-state index is 4.72. The predicted molar refractivity (Wildman–Crippen MR) is 87.7 cm³/mol. The second kappa shape index (κ2) is 6.82. The highest BCUT2D eigenvalue weighted by atomic mass is 15.2. The molecular weight excluding hydrogens is 260 g/mol. The molecule has 2 heterocycles. The molecule has 1 saturated carbocycles. The summed E-state index contributed by atoms with van der Waals surface area (Å²) in [4.78, 5) is 7.28. The first-order valence-electron chi connectivity index (χ1n) is 8.77. The van der Waals surface area contributed by atoms with Crippen LogP contribution >= 0.6 is 0 Å². The summed E-state index contributed by atoms with van der Waals surface area (Å²) < 4.78 is 2.37. The van der Waals surface area contributed by atoms with Crippen molar-refractivity contribution in [3.63, 3.8) is 0 Å². The first kappa shape index (κ1) is 14.9. The van der Waals surface area contributed by atoms with E-state index in [1.807, 2.05) is 0 Å². The average molecular weight is 290 g/mol. The van der Waals surface area contributed by atoms with Gasteiger partial charge in [0.05, 0.1) is 5.69 Å². The number of hydrogen-bond acceptors (Lipinski definition) is 3. The summed E-state index contributed by atoms with van der Waals surface area (Å²) in [6.07, 6.45) is 10.3. The minimum absolute atomic E-state index is 0.634. The second-order valence-corrected chi connectivity index (χ2v) is 6.89. The lowest BCUT2D eigenvalue weighted by molar-refractivity contribution is 0.333. The van der Waals surface area contributed by atoms with Crippen LogP contribution in [0.25, 0.3) is 0 Å². The first-order chi connectivity index (χ1) is 10.2. The van der Waals surface area contributed by atoms with Crippen LogP contribution < -0.4 is 5.32 Å². The SMILES string of the molecule is CCN1CCC(Cn2cc(C)nc2NC2CCCCC2)C1. The van der Waals surface area contributed by atoms with Crippen LogP contribution in [0, 0.1) is 12.8 Å². The summed E-state index contributed by atoms with van der Waals surface area (Å²) in [6, 6.07) is 0.634. The van der Waals surface area contributed by atoms with Crippen LogP contribution in [0.1, 0.15) is 51.1 Å². The molecule has 0 amide bonds. The fraction of sp³-hybridized carbons (Fsp3) is 0.824. The topological polar surface area (TPSA) is 33.1 Å². The van der Waals surface area contributed by atoms with Gasteiger partial charge in [0.1, 0.15) is 0 Å². The Hall–Kier alpha value is -1.03. The van der Waals surface area contributed by atoms with Crippen LogP contribution in [0.2, 0.25) is 0 Å². The van der Waals surface area contributed by atoms with Gasteiger partial charge in [-0.3, -0.25) is 0 Å². The van der Waals surface area contributed by atoms with Gasteiger partial charge in [-0.1, -0.05) is 26.2 Å². The molecule has 0 radical (unpaired) electrons. The molecule has 1 saturated heterocycles. The Morgan fingerprint density at radius 3 is 2.76 bits per heavy atom. The van der Waals surface area contributed by atoms with Crippen molar-refractivity contribution >= 4 is 5.95 Å². The van der Waals surface area contributed by atoms with Gasteiger partial charge < -0.3 is 14.8 Å². The Morgan fingerprint density at radius 2 is 2.05 bits per heavy atom. The Kier molecular flexibility index (Phi) is 4.84. The third kappa shape index (κ3) is 3.79. The van der Waals surface area contributed by atoms with Gasteiger partial charge in [0, 0.05) is 25.3 Å². The summed E-state index contributed by atoms with van der Waals surface area (Å²) in [5, 5.41) is 3.71. The van der Waals surface area contributed by atoms with Gasteiger partial charge in [-0.15, -0.1) is 0 Å². The number of aryl methyl sites for hydroxylation is 1. The number of nitrogens with zero attached hydrogens (tertiary/aromatic N) is 3.